The minimum absolute atomic E-state index is 0.0306. The summed E-state index contributed by atoms with van der Waals surface area (Å²) in [5, 5.41) is 10.6. The Labute approximate surface area is 126 Å². The van der Waals surface area contributed by atoms with Crippen LogP contribution in [0.5, 0.6) is 0 Å². The first-order valence-electron chi connectivity index (χ1n) is 5.35. The Morgan fingerprint density at radius 1 is 1.25 bits per heavy atom. The monoisotopic (exact) mass is 353 g/mol. The van der Waals surface area contributed by atoms with E-state index in [1.54, 1.807) is 24.3 Å². The van der Waals surface area contributed by atoms with Crippen molar-refractivity contribution < 1.29 is 9.72 Å². The maximum atomic E-state index is 11.1. The molecular formula is C12H8BrN3O3S. The normalized spacial score (nSPS) is 10.2. The van der Waals surface area contributed by atoms with Gasteiger partial charge in [-0.25, -0.2) is 4.98 Å². The fourth-order valence-electron chi connectivity index (χ4n) is 1.43. The molecular weight excluding hydrogens is 346 g/mol. The van der Waals surface area contributed by atoms with E-state index in [-0.39, 0.29) is 11.4 Å². The van der Waals surface area contributed by atoms with Crippen molar-refractivity contribution in [2.24, 2.45) is 5.73 Å². The summed E-state index contributed by atoms with van der Waals surface area (Å²) in [6.07, 6.45) is 0. The number of nitro benzene ring substituents is 1. The number of nitrogens with zero attached hydrogens (tertiary/aromatic N) is 2. The predicted octanol–water partition coefficient (Wildman–Crippen LogP) is 3.00. The SMILES string of the molecule is NC(=O)c1cc(Sc2ccc([N+](=O)[O-])cc2)cc(Br)n1. The Morgan fingerprint density at radius 2 is 1.90 bits per heavy atom. The van der Waals surface area contributed by atoms with Gasteiger partial charge in [-0.05, 0) is 40.2 Å². The first kappa shape index (κ1) is 14.5. The second-order valence-corrected chi connectivity index (χ2v) is 5.69. The van der Waals surface area contributed by atoms with Gasteiger partial charge < -0.3 is 5.73 Å². The van der Waals surface area contributed by atoms with Crippen LogP contribution in [0.1, 0.15) is 10.5 Å². The third-order valence-electron chi connectivity index (χ3n) is 2.30. The van der Waals surface area contributed by atoms with Crippen LogP contribution in [-0.2, 0) is 0 Å². The molecule has 0 radical (unpaired) electrons. The number of rotatable bonds is 4. The summed E-state index contributed by atoms with van der Waals surface area (Å²) in [6.45, 7) is 0. The number of nitrogens with two attached hydrogens (primary N) is 1. The van der Waals surface area contributed by atoms with E-state index in [0.717, 1.165) is 9.79 Å². The molecule has 0 bridgehead atoms. The van der Waals surface area contributed by atoms with Crippen LogP contribution in [0.3, 0.4) is 0 Å². The largest absolute Gasteiger partial charge is 0.364 e. The van der Waals surface area contributed by atoms with E-state index in [1.165, 1.54) is 23.9 Å². The summed E-state index contributed by atoms with van der Waals surface area (Å²) in [7, 11) is 0. The van der Waals surface area contributed by atoms with Gasteiger partial charge in [-0.1, -0.05) is 11.8 Å². The smallest absolute Gasteiger partial charge is 0.269 e. The molecule has 2 rings (SSSR count). The van der Waals surface area contributed by atoms with Crippen molar-refractivity contribution in [1.82, 2.24) is 4.98 Å². The van der Waals surface area contributed by atoms with Crippen molar-refractivity contribution in [1.29, 1.82) is 0 Å². The molecule has 0 atom stereocenters. The van der Waals surface area contributed by atoms with Crippen molar-refractivity contribution in [2.75, 3.05) is 0 Å². The van der Waals surface area contributed by atoms with Crippen LogP contribution < -0.4 is 5.73 Å². The van der Waals surface area contributed by atoms with E-state index in [1.807, 2.05) is 0 Å². The first-order valence-corrected chi connectivity index (χ1v) is 6.96. The van der Waals surface area contributed by atoms with Gasteiger partial charge in [0.15, 0.2) is 0 Å². The summed E-state index contributed by atoms with van der Waals surface area (Å²) in [4.78, 5) is 26.8. The van der Waals surface area contributed by atoms with Crippen molar-refractivity contribution >= 4 is 39.3 Å². The molecule has 0 aliphatic heterocycles. The fraction of sp³-hybridized carbons (Fsp3) is 0. The van der Waals surface area contributed by atoms with Crippen LogP contribution in [-0.4, -0.2) is 15.8 Å². The molecule has 1 amide bonds. The average molecular weight is 354 g/mol. The lowest BCUT2D eigenvalue weighted by atomic mass is 10.3. The van der Waals surface area contributed by atoms with E-state index in [2.05, 4.69) is 20.9 Å². The van der Waals surface area contributed by atoms with E-state index in [0.29, 0.717) is 4.60 Å². The van der Waals surface area contributed by atoms with E-state index < -0.39 is 10.8 Å². The summed E-state index contributed by atoms with van der Waals surface area (Å²) >= 11 is 4.56. The zero-order valence-electron chi connectivity index (χ0n) is 9.95. The Balaban J connectivity index is 2.25. The minimum atomic E-state index is -0.614. The molecule has 2 N–H and O–H groups in total. The van der Waals surface area contributed by atoms with Gasteiger partial charge in [0.1, 0.15) is 10.3 Å². The van der Waals surface area contributed by atoms with E-state index in [4.69, 9.17) is 5.73 Å². The van der Waals surface area contributed by atoms with Gasteiger partial charge in [0.05, 0.1) is 4.92 Å². The highest BCUT2D eigenvalue weighted by Gasteiger charge is 2.09. The number of amides is 1. The van der Waals surface area contributed by atoms with Gasteiger partial charge in [0.25, 0.3) is 11.6 Å². The number of nitro groups is 1. The van der Waals surface area contributed by atoms with Gasteiger partial charge in [-0.2, -0.15) is 0 Å². The summed E-state index contributed by atoms with van der Waals surface area (Å²) < 4.78 is 0.498. The highest BCUT2D eigenvalue weighted by atomic mass is 79.9. The van der Waals surface area contributed by atoms with E-state index >= 15 is 0 Å². The first-order chi connectivity index (χ1) is 9.45. The van der Waals surface area contributed by atoms with Crippen molar-refractivity contribution in [3.05, 3.63) is 56.8 Å². The standard InChI is InChI=1S/C12H8BrN3O3S/c13-11-6-9(5-10(15-11)12(14)17)20-8-3-1-7(2-4-8)16(18)19/h1-6H,(H2,14,17). The molecule has 0 saturated heterocycles. The van der Waals surface area contributed by atoms with Crippen molar-refractivity contribution in [3.63, 3.8) is 0 Å². The molecule has 1 aromatic carbocycles. The molecule has 0 spiro atoms. The molecule has 1 aromatic heterocycles. The lowest BCUT2D eigenvalue weighted by Crippen LogP contribution is -2.13. The minimum Gasteiger partial charge on any atom is -0.364 e. The number of hydrogen-bond donors (Lipinski definition) is 1. The molecule has 0 unspecified atom stereocenters. The van der Waals surface area contributed by atoms with Crippen LogP contribution in [0.4, 0.5) is 5.69 Å². The third-order valence-corrected chi connectivity index (χ3v) is 3.69. The van der Waals surface area contributed by atoms with Crippen molar-refractivity contribution in [3.8, 4) is 0 Å². The van der Waals surface area contributed by atoms with Crippen molar-refractivity contribution in [2.45, 2.75) is 9.79 Å². The Kier molecular flexibility index (Phi) is 4.35. The second kappa shape index (κ2) is 6.02. The van der Waals surface area contributed by atoms with E-state index in [9.17, 15) is 14.9 Å². The number of primary amides is 1. The van der Waals surface area contributed by atoms with Crippen LogP contribution in [0.15, 0.2) is 50.8 Å². The molecule has 0 fully saturated rings. The number of hydrogen-bond acceptors (Lipinski definition) is 5. The molecule has 2 aromatic rings. The van der Waals surface area contributed by atoms with Gasteiger partial charge in [-0.15, -0.1) is 0 Å². The average Bonchev–Trinajstić information content (AvgIpc) is 2.38. The van der Waals surface area contributed by atoms with Crippen LogP contribution in [0, 0.1) is 10.1 Å². The molecule has 8 heteroatoms. The fourth-order valence-corrected chi connectivity index (χ4v) is 2.91. The third kappa shape index (κ3) is 3.55. The highest BCUT2D eigenvalue weighted by Crippen LogP contribution is 2.30. The topological polar surface area (TPSA) is 99.1 Å². The Morgan fingerprint density at radius 3 is 2.45 bits per heavy atom. The Hall–Kier alpha value is -1.93. The number of pyridine rings is 1. The lowest BCUT2D eigenvalue weighted by molar-refractivity contribution is -0.384. The summed E-state index contributed by atoms with van der Waals surface area (Å²) in [6, 6.07) is 9.43. The second-order valence-electron chi connectivity index (χ2n) is 3.73. The number of aromatic nitrogens is 1. The van der Waals surface area contributed by atoms with Crippen LogP contribution >= 0.6 is 27.7 Å². The van der Waals surface area contributed by atoms with Gasteiger partial charge in [-0.3, -0.25) is 14.9 Å². The van der Waals surface area contributed by atoms with Gasteiger partial charge >= 0.3 is 0 Å². The number of carbonyl (C=O) groups is 1. The summed E-state index contributed by atoms with van der Waals surface area (Å²) in [5.74, 6) is -0.614. The number of halogens is 1. The Bertz CT molecular complexity index is 676. The zero-order chi connectivity index (χ0) is 14.7. The zero-order valence-corrected chi connectivity index (χ0v) is 12.3. The quantitative estimate of drug-likeness (QED) is 0.517. The number of carbonyl (C=O) groups excluding carboxylic acids is 1. The predicted molar refractivity (Wildman–Crippen MR) is 77.7 cm³/mol. The number of non-ortho nitro benzene ring substituents is 1. The molecule has 0 saturated carbocycles. The molecule has 0 aliphatic carbocycles. The highest BCUT2D eigenvalue weighted by molar-refractivity contribution is 9.10. The van der Waals surface area contributed by atoms with Crippen LogP contribution in [0.2, 0.25) is 0 Å². The molecule has 0 aliphatic rings. The maximum Gasteiger partial charge on any atom is 0.269 e. The molecule has 102 valence electrons. The molecule has 6 nitrogen and oxygen atoms in total. The van der Waals surface area contributed by atoms with Crippen LogP contribution in [0.25, 0.3) is 0 Å². The maximum absolute atomic E-state index is 11.1. The lowest BCUT2D eigenvalue weighted by Gasteiger charge is -2.04. The summed E-state index contributed by atoms with van der Waals surface area (Å²) in [5.41, 5.74) is 5.38. The number of benzene rings is 1. The molecule has 1 heterocycles. The van der Waals surface area contributed by atoms with Gasteiger partial charge in [0, 0.05) is 21.9 Å². The van der Waals surface area contributed by atoms with Gasteiger partial charge in [0.2, 0.25) is 0 Å². The molecule has 20 heavy (non-hydrogen) atoms.